The summed E-state index contributed by atoms with van der Waals surface area (Å²) in [5.41, 5.74) is 0.981. The number of fused-ring (bicyclic) bond motifs is 1. The van der Waals surface area contributed by atoms with E-state index >= 15 is 0 Å². The molecule has 0 atom stereocenters. The molecule has 1 saturated heterocycles. The molecular weight excluding hydrogens is 364 g/mol. The van der Waals surface area contributed by atoms with Crippen molar-refractivity contribution in [1.29, 1.82) is 0 Å². The van der Waals surface area contributed by atoms with Gasteiger partial charge in [-0.2, -0.15) is 0 Å². The summed E-state index contributed by atoms with van der Waals surface area (Å²) < 4.78 is 5.62. The van der Waals surface area contributed by atoms with Crippen molar-refractivity contribution in [3.63, 3.8) is 0 Å². The summed E-state index contributed by atoms with van der Waals surface area (Å²) in [5.74, 6) is 0.557. The Bertz CT molecular complexity index is 923. The fraction of sp³-hybridized carbons (Fsp3) is 0.556. The molecule has 26 heavy (non-hydrogen) atoms. The van der Waals surface area contributed by atoms with Gasteiger partial charge in [-0.05, 0) is 68.4 Å². The summed E-state index contributed by atoms with van der Waals surface area (Å²) in [7, 11) is 0. The molecule has 3 aromatic rings. The maximum Gasteiger partial charge on any atom is 0.217 e. The molecule has 0 bridgehead atoms. The average molecular weight is 389 g/mol. The maximum absolute atomic E-state index is 5.54. The van der Waals surface area contributed by atoms with Crippen molar-refractivity contribution in [3.05, 3.63) is 34.0 Å². The van der Waals surface area contributed by atoms with Gasteiger partial charge in [0.1, 0.15) is 0 Å². The van der Waals surface area contributed by atoms with Crippen molar-refractivity contribution in [2.45, 2.75) is 51.7 Å². The van der Waals surface area contributed by atoms with Gasteiger partial charge >= 0.3 is 0 Å². The van der Waals surface area contributed by atoms with Gasteiger partial charge in [0.15, 0.2) is 0 Å². The zero-order valence-electron chi connectivity index (χ0n) is 15.4. The number of hydrogen-bond acceptors (Lipinski definition) is 6. The van der Waals surface area contributed by atoms with E-state index in [9.17, 15) is 0 Å². The van der Waals surface area contributed by atoms with E-state index in [1.54, 1.807) is 0 Å². The second-order valence-electron chi connectivity index (χ2n) is 7.90. The third-order valence-corrected chi connectivity index (χ3v) is 6.44. The monoisotopic (exact) mass is 388 g/mol. The lowest BCUT2D eigenvalue weighted by molar-refractivity contribution is 0.159. The molecule has 138 valence electrons. The molecule has 0 amide bonds. The number of hydrogen-bond donors (Lipinski definition) is 0. The van der Waals surface area contributed by atoms with E-state index in [-0.39, 0.29) is 5.54 Å². The second-order valence-corrected chi connectivity index (χ2v) is 9.32. The summed E-state index contributed by atoms with van der Waals surface area (Å²) in [6.07, 6.45) is 2.25. The molecule has 0 saturated carbocycles. The minimum absolute atomic E-state index is 0.144. The fourth-order valence-corrected chi connectivity index (χ4v) is 4.90. The fourth-order valence-electron chi connectivity index (χ4n) is 3.36. The predicted octanol–water partition coefficient (Wildman–Crippen LogP) is 4.01. The van der Waals surface area contributed by atoms with Gasteiger partial charge in [-0.15, -0.1) is 11.3 Å². The van der Waals surface area contributed by atoms with Gasteiger partial charge in [-0.25, -0.2) is 14.3 Å². The Morgan fingerprint density at radius 1 is 1.15 bits per heavy atom. The van der Waals surface area contributed by atoms with Crippen LogP contribution in [0.1, 0.15) is 44.5 Å². The van der Waals surface area contributed by atoms with Gasteiger partial charge in [0.05, 0.1) is 27.4 Å². The van der Waals surface area contributed by atoms with Crippen molar-refractivity contribution in [1.82, 2.24) is 29.7 Å². The van der Waals surface area contributed by atoms with Crippen molar-refractivity contribution in [3.8, 4) is 0 Å². The zero-order valence-corrected chi connectivity index (χ0v) is 17.1. The van der Waals surface area contributed by atoms with Crippen LogP contribution in [0.2, 0.25) is 0 Å². The first kappa shape index (κ1) is 17.8. The number of nitrogens with zero attached hydrogens (tertiary/aromatic N) is 6. The largest absolute Gasteiger partial charge is 0.284 e. The van der Waals surface area contributed by atoms with E-state index in [2.05, 4.69) is 60.4 Å². The molecule has 0 aliphatic carbocycles. The summed E-state index contributed by atoms with van der Waals surface area (Å²) >= 11 is 7.38. The minimum Gasteiger partial charge on any atom is -0.284 e. The molecule has 1 aromatic carbocycles. The van der Waals surface area contributed by atoms with Gasteiger partial charge in [-0.3, -0.25) is 4.90 Å². The molecule has 1 aliphatic heterocycles. The highest BCUT2D eigenvalue weighted by molar-refractivity contribution is 7.71. The quantitative estimate of drug-likeness (QED) is 0.635. The van der Waals surface area contributed by atoms with Gasteiger partial charge < -0.3 is 0 Å². The highest BCUT2D eigenvalue weighted by Gasteiger charge is 2.24. The minimum atomic E-state index is -0.144. The first-order valence-electron chi connectivity index (χ1n) is 9.03. The number of rotatable bonds is 3. The Morgan fingerprint density at radius 3 is 2.54 bits per heavy atom. The van der Waals surface area contributed by atoms with Crippen LogP contribution < -0.4 is 0 Å². The Kier molecular flexibility index (Phi) is 4.66. The molecule has 8 heteroatoms. The Morgan fingerprint density at radius 2 is 1.88 bits per heavy atom. The van der Waals surface area contributed by atoms with Crippen LogP contribution in [0.3, 0.4) is 0 Å². The van der Waals surface area contributed by atoms with E-state index < -0.39 is 0 Å². The Labute approximate surface area is 162 Å². The van der Waals surface area contributed by atoms with Crippen LogP contribution in [0.5, 0.6) is 0 Å². The number of benzene rings is 1. The number of likely N-dealkylation sites (tertiary alicyclic amines) is 1. The Balaban J connectivity index is 1.41. The summed E-state index contributed by atoms with van der Waals surface area (Å²) in [6, 6.07) is 8.40. The molecule has 3 heterocycles. The topological polar surface area (TPSA) is 51.8 Å². The van der Waals surface area contributed by atoms with Crippen molar-refractivity contribution in [2.75, 3.05) is 13.1 Å². The lowest BCUT2D eigenvalue weighted by atomic mass is 9.98. The van der Waals surface area contributed by atoms with Crippen LogP contribution in [-0.4, -0.2) is 42.8 Å². The van der Waals surface area contributed by atoms with Crippen LogP contribution >= 0.6 is 23.6 Å². The van der Waals surface area contributed by atoms with Crippen molar-refractivity contribution < 1.29 is 0 Å². The molecule has 6 nitrogen and oxygen atoms in total. The number of thiazole rings is 1. The maximum atomic E-state index is 5.54. The van der Waals surface area contributed by atoms with Crippen molar-refractivity contribution >= 4 is 33.8 Å². The van der Waals surface area contributed by atoms with Crippen molar-refractivity contribution in [2.24, 2.45) is 0 Å². The molecule has 0 spiro atoms. The lowest BCUT2D eigenvalue weighted by Gasteiger charge is -2.30. The number of tetrazole rings is 1. The van der Waals surface area contributed by atoms with Gasteiger partial charge in [0.25, 0.3) is 0 Å². The first-order chi connectivity index (χ1) is 12.4. The predicted molar refractivity (Wildman–Crippen MR) is 107 cm³/mol. The zero-order chi connectivity index (χ0) is 18.3. The Hall–Kier alpha value is -1.64. The van der Waals surface area contributed by atoms with Crippen LogP contribution in [0, 0.1) is 4.77 Å². The second kappa shape index (κ2) is 6.83. The van der Waals surface area contributed by atoms with E-state index in [0.29, 0.717) is 17.4 Å². The smallest absolute Gasteiger partial charge is 0.217 e. The van der Waals surface area contributed by atoms with Crippen LogP contribution in [-0.2, 0) is 12.2 Å². The molecule has 2 aromatic heterocycles. The number of para-hydroxylation sites is 1. The summed E-state index contributed by atoms with van der Waals surface area (Å²) in [4.78, 5) is 7.25. The van der Waals surface area contributed by atoms with Crippen LogP contribution in [0.25, 0.3) is 10.2 Å². The molecule has 1 fully saturated rings. The molecule has 1 aliphatic rings. The van der Waals surface area contributed by atoms with E-state index in [1.807, 2.05) is 20.7 Å². The molecule has 0 unspecified atom stereocenters. The highest BCUT2D eigenvalue weighted by atomic mass is 32.1. The molecule has 4 rings (SSSR count). The van der Waals surface area contributed by atoms with Gasteiger partial charge in [0, 0.05) is 19.0 Å². The SMILES string of the molecule is CC(C)(C)n1nnn(CN2CCC(c3nc4ccccc4s3)CC2)c1=S. The number of aromatic nitrogens is 5. The molecule has 0 radical (unpaired) electrons. The molecule has 0 N–H and O–H groups in total. The normalized spacial score (nSPS) is 17.2. The molecular formula is C18H24N6S2. The van der Waals surface area contributed by atoms with E-state index in [1.165, 1.54) is 9.71 Å². The summed E-state index contributed by atoms with van der Waals surface area (Å²) in [6.45, 7) is 9.04. The van der Waals surface area contributed by atoms with Gasteiger partial charge in [-0.1, -0.05) is 12.1 Å². The lowest BCUT2D eigenvalue weighted by Crippen LogP contribution is -2.35. The number of piperidine rings is 1. The highest BCUT2D eigenvalue weighted by Crippen LogP contribution is 2.33. The summed E-state index contributed by atoms with van der Waals surface area (Å²) in [5, 5.41) is 9.76. The van der Waals surface area contributed by atoms with E-state index in [4.69, 9.17) is 17.2 Å². The average Bonchev–Trinajstić information content (AvgIpc) is 3.19. The third kappa shape index (κ3) is 3.45. The van der Waals surface area contributed by atoms with Crippen LogP contribution in [0.15, 0.2) is 24.3 Å². The van der Waals surface area contributed by atoms with Crippen LogP contribution in [0.4, 0.5) is 0 Å². The first-order valence-corrected chi connectivity index (χ1v) is 10.3. The van der Waals surface area contributed by atoms with E-state index in [0.717, 1.165) is 31.4 Å². The van der Waals surface area contributed by atoms with Gasteiger partial charge in [0.2, 0.25) is 4.77 Å². The standard InChI is InChI=1S/C18H24N6S2/c1-18(2,3)24-17(25)23(20-21-24)12-22-10-8-13(9-11-22)16-19-14-6-4-5-7-15(14)26-16/h4-7,13H,8-12H2,1-3H3. The third-order valence-electron chi connectivity index (χ3n) is 4.86.